The first-order chi connectivity index (χ1) is 11.3. The van der Waals surface area contributed by atoms with Crippen molar-refractivity contribution in [2.45, 2.75) is 59.1 Å². The van der Waals surface area contributed by atoms with E-state index in [4.69, 9.17) is 14.2 Å². The van der Waals surface area contributed by atoms with Crippen LogP contribution in [-0.4, -0.2) is 36.9 Å². The maximum Gasteiger partial charge on any atom is 0.410 e. The van der Waals surface area contributed by atoms with Crippen LogP contribution in [0.25, 0.3) is 0 Å². The quantitative estimate of drug-likeness (QED) is 0.758. The molecule has 0 radical (unpaired) electrons. The number of nitrogens with zero attached hydrogens (tertiary/aromatic N) is 1. The maximum absolute atomic E-state index is 12.3. The molecule has 24 heavy (non-hydrogen) atoms. The van der Waals surface area contributed by atoms with Gasteiger partial charge in [-0.1, -0.05) is 13.3 Å². The van der Waals surface area contributed by atoms with Gasteiger partial charge in [0.05, 0.1) is 20.3 Å². The smallest absolute Gasteiger partial charge is 0.410 e. The van der Waals surface area contributed by atoms with E-state index in [1.807, 2.05) is 26.8 Å². The van der Waals surface area contributed by atoms with Gasteiger partial charge in [0.15, 0.2) is 0 Å². The Balaban J connectivity index is 2.14. The molecular weight excluding hydrogens is 306 g/mol. The van der Waals surface area contributed by atoms with Crippen molar-refractivity contribution in [3.05, 3.63) is 23.3 Å². The third-order valence-corrected chi connectivity index (χ3v) is 3.91. The van der Waals surface area contributed by atoms with E-state index in [-0.39, 0.29) is 6.09 Å². The topological polar surface area (TPSA) is 48.0 Å². The molecule has 1 aromatic rings. The monoisotopic (exact) mass is 335 g/mol. The summed E-state index contributed by atoms with van der Waals surface area (Å²) < 4.78 is 16.8. The molecule has 1 aliphatic heterocycles. The third kappa shape index (κ3) is 4.79. The molecule has 1 aromatic carbocycles. The molecule has 5 heteroatoms. The Morgan fingerprint density at radius 2 is 2.04 bits per heavy atom. The summed E-state index contributed by atoms with van der Waals surface area (Å²) in [5.41, 5.74) is 1.73. The normalized spacial score (nSPS) is 14.1. The molecule has 0 bridgehead atoms. The molecule has 1 aliphatic rings. The summed E-state index contributed by atoms with van der Waals surface area (Å²) in [4.78, 5) is 14.0. The highest BCUT2D eigenvalue weighted by Gasteiger charge is 2.27. The van der Waals surface area contributed by atoms with Gasteiger partial charge in [-0.15, -0.1) is 0 Å². The number of benzene rings is 1. The highest BCUT2D eigenvalue weighted by molar-refractivity contribution is 5.69. The van der Waals surface area contributed by atoms with Crippen LogP contribution in [0.4, 0.5) is 4.79 Å². The molecule has 1 amide bonds. The lowest BCUT2D eigenvalue weighted by molar-refractivity contribution is 0.0222. The Morgan fingerprint density at radius 3 is 2.67 bits per heavy atom. The summed E-state index contributed by atoms with van der Waals surface area (Å²) >= 11 is 0. The highest BCUT2D eigenvalue weighted by atomic mass is 16.6. The standard InChI is InChI=1S/C19H29NO4/c1-6-7-10-23-15-11-14-8-9-20(18(21)24-19(2,3)4)13-16(14)17(12-15)22-5/h11-12H,6-10,13H2,1-5H3. The summed E-state index contributed by atoms with van der Waals surface area (Å²) in [5.74, 6) is 1.61. The maximum atomic E-state index is 12.3. The number of fused-ring (bicyclic) bond motifs is 1. The molecule has 0 saturated heterocycles. The number of carbonyl (C=O) groups excluding carboxylic acids is 1. The van der Waals surface area contributed by atoms with E-state index in [0.717, 1.165) is 36.3 Å². The van der Waals surface area contributed by atoms with Gasteiger partial charge in [0.1, 0.15) is 17.1 Å². The zero-order valence-corrected chi connectivity index (χ0v) is 15.5. The Morgan fingerprint density at radius 1 is 1.29 bits per heavy atom. The van der Waals surface area contributed by atoms with Crippen molar-refractivity contribution in [3.63, 3.8) is 0 Å². The zero-order chi connectivity index (χ0) is 17.7. The van der Waals surface area contributed by atoms with E-state index in [1.165, 1.54) is 5.56 Å². The predicted molar refractivity (Wildman–Crippen MR) is 93.7 cm³/mol. The largest absolute Gasteiger partial charge is 0.496 e. The second-order valence-corrected chi connectivity index (χ2v) is 7.12. The van der Waals surface area contributed by atoms with Crippen LogP contribution in [0.5, 0.6) is 11.5 Å². The summed E-state index contributed by atoms with van der Waals surface area (Å²) in [7, 11) is 1.65. The molecule has 0 saturated carbocycles. The molecule has 1 heterocycles. The number of amides is 1. The van der Waals surface area contributed by atoms with Gasteiger partial charge in [-0.3, -0.25) is 0 Å². The van der Waals surface area contributed by atoms with Crippen molar-refractivity contribution in [2.24, 2.45) is 0 Å². The van der Waals surface area contributed by atoms with Crippen molar-refractivity contribution in [1.82, 2.24) is 4.90 Å². The molecule has 2 rings (SSSR count). The van der Waals surface area contributed by atoms with Gasteiger partial charge in [-0.2, -0.15) is 0 Å². The minimum absolute atomic E-state index is 0.279. The predicted octanol–water partition coefficient (Wildman–Crippen LogP) is 4.17. The van der Waals surface area contributed by atoms with E-state index in [2.05, 4.69) is 13.0 Å². The van der Waals surface area contributed by atoms with Crippen molar-refractivity contribution < 1.29 is 19.0 Å². The van der Waals surface area contributed by atoms with E-state index < -0.39 is 5.60 Å². The van der Waals surface area contributed by atoms with Crippen LogP contribution in [-0.2, 0) is 17.7 Å². The molecular formula is C19H29NO4. The van der Waals surface area contributed by atoms with Crippen LogP contribution in [0.15, 0.2) is 12.1 Å². The van der Waals surface area contributed by atoms with Crippen molar-refractivity contribution in [1.29, 1.82) is 0 Å². The fraction of sp³-hybridized carbons (Fsp3) is 0.632. The van der Waals surface area contributed by atoms with Gasteiger partial charge < -0.3 is 19.1 Å². The Bertz CT molecular complexity index is 560. The lowest BCUT2D eigenvalue weighted by Gasteiger charge is -2.32. The molecule has 0 atom stereocenters. The average Bonchev–Trinajstić information content (AvgIpc) is 2.52. The SMILES string of the molecule is CCCCOc1cc2c(c(OC)c1)CN(C(=O)OC(C)(C)C)CC2. The van der Waals surface area contributed by atoms with E-state index in [1.54, 1.807) is 12.0 Å². The third-order valence-electron chi connectivity index (χ3n) is 3.91. The minimum atomic E-state index is -0.488. The van der Waals surface area contributed by atoms with Crippen molar-refractivity contribution in [2.75, 3.05) is 20.3 Å². The summed E-state index contributed by atoms with van der Waals surface area (Å²) in [5, 5.41) is 0. The first-order valence-corrected chi connectivity index (χ1v) is 8.64. The van der Waals surface area contributed by atoms with Gasteiger partial charge in [0.2, 0.25) is 0 Å². The van der Waals surface area contributed by atoms with Crippen LogP contribution in [0, 0.1) is 0 Å². The molecule has 0 spiro atoms. The van der Waals surface area contributed by atoms with Crippen LogP contribution in [0.2, 0.25) is 0 Å². The van der Waals surface area contributed by atoms with Crippen molar-refractivity contribution in [3.8, 4) is 11.5 Å². The minimum Gasteiger partial charge on any atom is -0.496 e. The Hall–Kier alpha value is -1.91. The second-order valence-electron chi connectivity index (χ2n) is 7.12. The van der Waals surface area contributed by atoms with E-state index in [0.29, 0.717) is 19.7 Å². The molecule has 0 N–H and O–H groups in total. The molecule has 0 fully saturated rings. The zero-order valence-electron chi connectivity index (χ0n) is 15.5. The van der Waals surface area contributed by atoms with Gasteiger partial charge >= 0.3 is 6.09 Å². The number of rotatable bonds is 5. The average molecular weight is 335 g/mol. The van der Waals surface area contributed by atoms with E-state index >= 15 is 0 Å². The summed E-state index contributed by atoms with van der Waals surface area (Å²) in [6.45, 7) is 9.63. The molecule has 0 aromatic heterocycles. The lowest BCUT2D eigenvalue weighted by Crippen LogP contribution is -2.40. The van der Waals surface area contributed by atoms with E-state index in [9.17, 15) is 4.79 Å². The van der Waals surface area contributed by atoms with Crippen LogP contribution in [0.1, 0.15) is 51.7 Å². The first kappa shape index (κ1) is 18.4. The van der Waals surface area contributed by atoms with Gasteiger partial charge in [0, 0.05) is 18.2 Å². The highest BCUT2D eigenvalue weighted by Crippen LogP contribution is 2.33. The number of methoxy groups -OCH3 is 1. The molecule has 0 aliphatic carbocycles. The second kappa shape index (κ2) is 7.77. The fourth-order valence-corrected chi connectivity index (χ4v) is 2.69. The first-order valence-electron chi connectivity index (χ1n) is 8.64. The summed E-state index contributed by atoms with van der Waals surface area (Å²) in [6.07, 6.45) is 2.63. The van der Waals surface area contributed by atoms with Gasteiger partial charge in [0.25, 0.3) is 0 Å². The van der Waals surface area contributed by atoms with Crippen LogP contribution < -0.4 is 9.47 Å². The Kier molecular flexibility index (Phi) is 5.97. The molecule has 0 unspecified atom stereocenters. The van der Waals surface area contributed by atoms with Gasteiger partial charge in [-0.25, -0.2) is 4.79 Å². The van der Waals surface area contributed by atoms with Crippen molar-refractivity contribution >= 4 is 6.09 Å². The number of unbranched alkanes of at least 4 members (excludes halogenated alkanes) is 1. The Labute approximate surface area is 144 Å². The van der Waals surface area contributed by atoms with Gasteiger partial charge in [-0.05, 0) is 45.2 Å². The number of hydrogen-bond acceptors (Lipinski definition) is 4. The molecule has 134 valence electrons. The number of carbonyl (C=O) groups is 1. The lowest BCUT2D eigenvalue weighted by atomic mass is 9.98. The van der Waals surface area contributed by atoms with Crippen LogP contribution in [0.3, 0.4) is 0 Å². The van der Waals surface area contributed by atoms with Crippen LogP contribution >= 0.6 is 0 Å². The molecule has 5 nitrogen and oxygen atoms in total. The summed E-state index contributed by atoms with van der Waals surface area (Å²) in [6, 6.07) is 3.98. The number of hydrogen-bond donors (Lipinski definition) is 0. The number of ether oxygens (including phenoxy) is 3. The fourth-order valence-electron chi connectivity index (χ4n) is 2.69.